The first-order valence-electron chi connectivity index (χ1n) is 16.2. The standard InChI is InChI=1S/C33H62N4O9/c1-30(2,3)43-26(39)20-34-13-14-35(21-27(40)44-31(4,5)6)17-18-37(23-29(42)46-33(10,11)12)25(24-38)19-36(16-15-34)22-28(41)45-32(7,8)9/h25,38H,13-24H2,1-12H3. The number of hydrogen-bond donors (Lipinski definition) is 1. The van der Waals surface area contributed by atoms with Crippen LogP contribution in [0.5, 0.6) is 0 Å². The lowest BCUT2D eigenvalue weighted by Gasteiger charge is -2.38. The zero-order valence-electron chi connectivity index (χ0n) is 30.6. The van der Waals surface area contributed by atoms with Crippen LogP contribution in [-0.4, -0.2) is 156 Å². The monoisotopic (exact) mass is 658 g/mol. The van der Waals surface area contributed by atoms with Gasteiger partial charge in [-0.05, 0) is 83.1 Å². The Morgan fingerprint density at radius 3 is 1.11 bits per heavy atom. The molecule has 13 heteroatoms. The van der Waals surface area contributed by atoms with E-state index in [2.05, 4.69) is 0 Å². The summed E-state index contributed by atoms with van der Waals surface area (Å²) < 4.78 is 22.4. The van der Waals surface area contributed by atoms with Gasteiger partial charge >= 0.3 is 23.9 Å². The average Bonchev–Trinajstić information content (AvgIpc) is 2.80. The number of nitrogens with zero attached hydrogens (tertiary/aromatic N) is 4. The predicted octanol–water partition coefficient (Wildman–Crippen LogP) is 1.94. The van der Waals surface area contributed by atoms with Gasteiger partial charge in [0.1, 0.15) is 22.4 Å². The van der Waals surface area contributed by atoms with Crippen molar-refractivity contribution in [1.29, 1.82) is 0 Å². The largest absolute Gasteiger partial charge is 0.459 e. The van der Waals surface area contributed by atoms with Gasteiger partial charge in [-0.15, -0.1) is 0 Å². The Morgan fingerprint density at radius 1 is 0.500 bits per heavy atom. The Kier molecular flexibility index (Phi) is 16.1. The maximum absolute atomic E-state index is 13.0. The van der Waals surface area contributed by atoms with Crippen LogP contribution in [0.3, 0.4) is 0 Å². The molecule has 0 aromatic rings. The minimum absolute atomic E-state index is 0.00633. The van der Waals surface area contributed by atoms with Crippen LogP contribution in [-0.2, 0) is 38.1 Å². The molecule has 1 heterocycles. The highest BCUT2D eigenvalue weighted by Gasteiger charge is 2.30. The molecule has 0 aromatic heterocycles. The summed E-state index contributed by atoms with van der Waals surface area (Å²) in [6, 6.07) is -0.544. The van der Waals surface area contributed by atoms with Gasteiger partial charge in [-0.1, -0.05) is 0 Å². The van der Waals surface area contributed by atoms with Gasteiger partial charge in [0, 0.05) is 51.9 Å². The smallest absolute Gasteiger partial charge is 0.320 e. The lowest BCUT2D eigenvalue weighted by atomic mass is 10.2. The van der Waals surface area contributed by atoms with E-state index in [9.17, 15) is 24.3 Å². The van der Waals surface area contributed by atoms with Crippen molar-refractivity contribution in [3.8, 4) is 0 Å². The zero-order chi connectivity index (χ0) is 35.5. The molecule has 13 nitrogen and oxygen atoms in total. The highest BCUT2D eigenvalue weighted by Crippen LogP contribution is 2.14. The van der Waals surface area contributed by atoms with E-state index >= 15 is 0 Å². The topological polar surface area (TPSA) is 138 Å². The fourth-order valence-electron chi connectivity index (χ4n) is 4.80. The minimum Gasteiger partial charge on any atom is -0.459 e. The third-order valence-corrected chi connectivity index (χ3v) is 6.43. The molecule has 0 aliphatic carbocycles. The highest BCUT2D eigenvalue weighted by molar-refractivity contribution is 5.73. The molecule has 0 radical (unpaired) electrons. The molecule has 1 atom stereocenters. The van der Waals surface area contributed by atoms with Crippen LogP contribution >= 0.6 is 0 Å². The molecule has 1 N–H and O–H groups in total. The van der Waals surface area contributed by atoms with E-state index in [1.54, 1.807) is 62.3 Å². The Balaban J connectivity index is 3.41. The van der Waals surface area contributed by atoms with Crippen LogP contribution in [0.2, 0.25) is 0 Å². The van der Waals surface area contributed by atoms with E-state index in [1.807, 2.05) is 40.4 Å². The van der Waals surface area contributed by atoms with Crippen molar-refractivity contribution in [2.45, 2.75) is 112 Å². The maximum Gasteiger partial charge on any atom is 0.320 e. The van der Waals surface area contributed by atoms with E-state index in [-0.39, 0.29) is 51.3 Å². The molecule has 0 amide bonds. The molecular weight excluding hydrogens is 596 g/mol. The summed E-state index contributed by atoms with van der Waals surface area (Å²) in [7, 11) is 0. The first kappa shape index (κ1) is 41.7. The molecule has 0 spiro atoms. The van der Waals surface area contributed by atoms with E-state index in [0.29, 0.717) is 39.3 Å². The third-order valence-electron chi connectivity index (χ3n) is 6.43. The van der Waals surface area contributed by atoms with Gasteiger partial charge in [-0.3, -0.25) is 38.8 Å². The second-order valence-corrected chi connectivity index (χ2v) is 15.9. The van der Waals surface area contributed by atoms with E-state index in [0.717, 1.165) is 0 Å². The summed E-state index contributed by atoms with van der Waals surface area (Å²) in [5.74, 6) is -1.64. The number of esters is 4. The van der Waals surface area contributed by atoms with E-state index < -0.39 is 40.4 Å². The SMILES string of the molecule is CC(C)(C)OC(=O)CN1CCN(CC(=O)OC(C)(C)C)CCN(CC(=O)OC(C)(C)C)C(CO)CN(CC(=O)OC(C)(C)C)CC1. The molecule has 1 fully saturated rings. The van der Waals surface area contributed by atoms with Crippen LogP contribution < -0.4 is 0 Å². The number of rotatable bonds is 9. The first-order valence-corrected chi connectivity index (χ1v) is 16.2. The number of hydrogen-bond acceptors (Lipinski definition) is 13. The van der Waals surface area contributed by atoms with Gasteiger partial charge in [0.25, 0.3) is 0 Å². The first-order chi connectivity index (χ1) is 20.8. The van der Waals surface area contributed by atoms with E-state index in [4.69, 9.17) is 18.9 Å². The van der Waals surface area contributed by atoms with Crippen LogP contribution in [0.4, 0.5) is 0 Å². The molecule has 0 bridgehead atoms. The van der Waals surface area contributed by atoms with Gasteiger partial charge in [-0.25, -0.2) is 0 Å². The molecule has 46 heavy (non-hydrogen) atoms. The van der Waals surface area contributed by atoms with Crippen molar-refractivity contribution in [2.24, 2.45) is 0 Å². The number of aliphatic hydroxyl groups is 1. The van der Waals surface area contributed by atoms with Crippen LogP contribution in [0.1, 0.15) is 83.1 Å². The summed E-state index contributed by atoms with van der Waals surface area (Å²) in [4.78, 5) is 59.2. The van der Waals surface area contributed by atoms with Crippen LogP contribution in [0.15, 0.2) is 0 Å². The van der Waals surface area contributed by atoms with Gasteiger partial charge in [0.15, 0.2) is 0 Å². The molecule has 1 aliphatic rings. The number of carbonyl (C=O) groups is 4. The van der Waals surface area contributed by atoms with Crippen LogP contribution in [0.25, 0.3) is 0 Å². The van der Waals surface area contributed by atoms with Gasteiger partial charge in [-0.2, -0.15) is 0 Å². The van der Waals surface area contributed by atoms with Crippen molar-refractivity contribution in [3.63, 3.8) is 0 Å². The Bertz CT molecular complexity index is 993. The summed E-state index contributed by atoms with van der Waals surface area (Å²) in [5.41, 5.74) is -2.68. The Morgan fingerprint density at radius 2 is 0.783 bits per heavy atom. The summed E-state index contributed by atoms with van der Waals surface area (Å²) >= 11 is 0. The maximum atomic E-state index is 13.0. The molecule has 1 rings (SSSR count). The lowest BCUT2D eigenvalue weighted by molar-refractivity contribution is -0.160. The van der Waals surface area contributed by atoms with Gasteiger partial charge < -0.3 is 24.1 Å². The molecule has 268 valence electrons. The molecule has 0 aromatic carbocycles. The van der Waals surface area contributed by atoms with E-state index in [1.165, 1.54) is 0 Å². The molecule has 1 saturated heterocycles. The quantitative estimate of drug-likeness (QED) is 0.286. The van der Waals surface area contributed by atoms with Gasteiger partial charge in [0.2, 0.25) is 0 Å². The van der Waals surface area contributed by atoms with Gasteiger partial charge in [0.05, 0.1) is 32.8 Å². The van der Waals surface area contributed by atoms with Crippen LogP contribution in [0, 0.1) is 0 Å². The van der Waals surface area contributed by atoms with Crippen molar-refractivity contribution >= 4 is 23.9 Å². The predicted molar refractivity (Wildman–Crippen MR) is 175 cm³/mol. The van der Waals surface area contributed by atoms with Crippen molar-refractivity contribution in [3.05, 3.63) is 0 Å². The lowest BCUT2D eigenvalue weighted by Crippen LogP contribution is -2.54. The number of ether oxygens (including phenoxy) is 4. The second kappa shape index (κ2) is 17.7. The number of carbonyl (C=O) groups excluding carboxylic acids is 4. The Hall–Kier alpha value is -2.32. The summed E-state index contributed by atoms with van der Waals surface area (Å²) in [5, 5.41) is 10.6. The van der Waals surface area contributed by atoms with Crippen molar-refractivity contribution < 1.29 is 43.2 Å². The average molecular weight is 659 g/mol. The fourth-order valence-corrected chi connectivity index (χ4v) is 4.80. The normalized spacial score (nSPS) is 19.5. The molecule has 1 aliphatic heterocycles. The third kappa shape index (κ3) is 20.0. The molecular formula is C33H62N4O9. The fraction of sp³-hybridized carbons (Fsp3) is 0.879. The summed E-state index contributed by atoms with van der Waals surface area (Å²) in [6.45, 7) is 23.7. The Labute approximate surface area is 276 Å². The highest BCUT2D eigenvalue weighted by atomic mass is 16.6. The zero-order valence-corrected chi connectivity index (χ0v) is 30.6. The number of aliphatic hydroxyl groups excluding tert-OH is 1. The molecule has 0 saturated carbocycles. The van der Waals surface area contributed by atoms with Crippen molar-refractivity contribution in [1.82, 2.24) is 19.6 Å². The van der Waals surface area contributed by atoms with Crippen molar-refractivity contribution in [2.75, 3.05) is 78.6 Å². The minimum atomic E-state index is -0.693. The second-order valence-electron chi connectivity index (χ2n) is 15.9. The molecule has 1 unspecified atom stereocenters. The summed E-state index contributed by atoms with van der Waals surface area (Å²) in [6.07, 6.45) is 0.